The van der Waals surface area contributed by atoms with Crippen LogP contribution in [0.15, 0.2) is 12.4 Å². The molecule has 0 radical (unpaired) electrons. The maximum absolute atomic E-state index is 13.3. The fourth-order valence-corrected chi connectivity index (χ4v) is 5.46. The Labute approximate surface area is 148 Å². The summed E-state index contributed by atoms with van der Waals surface area (Å²) in [5.41, 5.74) is 1.21. The highest BCUT2D eigenvalue weighted by atomic mass is 16.2. The lowest BCUT2D eigenvalue weighted by molar-refractivity contribution is -0.136. The van der Waals surface area contributed by atoms with Crippen molar-refractivity contribution in [2.24, 2.45) is 5.41 Å². The first-order valence-electron chi connectivity index (χ1n) is 9.30. The molecule has 3 aliphatic rings. The van der Waals surface area contributed by atoms with Gasteiger partial charge in [-0.2, -0.15) is 0 Å². The number of hydrogen-bond donors (Lipinski definition) is 0. The van der Waals surface area contributed by atoms with Crippen molar-refractivity contribution in [2.45, 2.75) is 71.0 Å². The maximum Gasteiger partial charge on any atom is 0.274 e. The van der Waals surface area contributed by atoms with E-state index in [4.69, 9.17) is 0 Å². The van der Waals surface area contributed by atoms with Gasteiger partial charge in [-0.15, -0.1) is 0 Å². The van der Waals surface area contributed by atoms with Crippen LogP contribution in [0.5, 0.6) is 0 Å². The minimum absolute atomic E-state index is 0.0150. The average Bonchev–Trinajstić information content (AvgIpc) is 2.69. The zero-order valence-electron chi connectivity index (χ0n) is 15.2. The summed E-state index contributed by atoms with van der Waals surface area (Å²) in [5.74, 6) is 0.100. The van der Waals surface area contributed by atoms with Crippen molar-refractivity contribution in [1.29, 1.82) is 0 Å². The summed E-state index contributed by atoms with van der Waals surface area (Å²) in [5, 5.41) is 0. The molecule has 0 spiro atoms. The van der Waals surface area contributed by atoms with Crippen LogP contribution in [0.3, 0.4) is 0 Å². The molecule has 4 rings (SSSR count). The van der Waals surface area contributed by atoms with E-state index in [-0.39, 0.29) is 35.4 Å². The summed E-state index contributed by atoms with van der Waals surface area (Å²) in [6, 6.07) is 0.518. The number of rotatable bonds is 1. The summed E-state index contributed by atoms with van der Waals surface area (Å²) in [6.07, 6.45) is 8.51. The Balaban J connectivity index is 1.73. The molecule has 2 saturated heterocycles. The summed E-state index contributed by atoms with van der Waals surface area (Å²) < 4.78 is 0. The molecule has 6 heteroatoms. The van der Waals surface area contributed by atoms with Gasteiger partial charge in [0.15, 0.2) is 0 Å². The molecule has 6 nitrogen and oxygen atoms in total. The Hall–Kier alpha value is -1.98. The van der Waals surface area contributed by atoms with Crippen LogP contribution in [0, 0.1) is 12.3 Å². The van der Waals surface area contributed by atoms with Gasteiger partial charge in [-0.25, -0.2) is 4.98 Å². The largest absolute Gasteiger partial charge is 0.337 e. The SMILES string of the molecule is CC(=O)N1C[C@@H]2C[C@@]3(C)[C@H](CCCC[C@@H]13)N2C(=O)c1cnc(C)cn1. The lowest BCUT2D eigenvalue weighted by atomic mass is 9.71. The van der Waals surface area contributed by atoms with Crippen LogP contribution in [0.1, 0.15) is 62.1 Å². The first-order valence-corrected chi connectivity index (χ1v) is 9.30. The van der Waals surface area contributed by atoms with Crippen LogP contribution in [-0.4, -0.2) is 56.3 Å². The van der Waals surface area contributed by atoms with E-state index in [2.05, 4.69) is 16.9 Å². The molecule has 1 aliphatic carbocycles. The van der Waals surface area contributed by atoms with Crippen molar-refractivity contribution >= 4 is 11.8 Å². The lowest BCUT2D eigenvalue weighted by Gasteiger charge is -2.46. The molecule has 0 unspecified atom stereocenters. The second kappa shape index (κ2) is 5.78. The van der Waals surface area contributed by atoms with Crippen molar-refractivity contribution < 1.29 is 9.59 Å². The van der Waals surface area contributed by atoms with Gasteiger partial charge in [-0.05, 0) is 26.2 Å². The molecule has 2 bridgehead atoms. The highest BCUT2D eigenvalue weighted by Crippen LogP contribution is 2.53. The Bertz CT molecular complexity index is 704. The second-order valence-corrected chi connectivity index (χ2v) is 8.11. The average molecular weight is 342 g/mol. The molecule has 2 aliphatic heterocycles. The Morgan fingerprint density at radius 3 is 2.52 bits per heavy atom. The van der Waals surface area contributed by atoms with Gasteiger partial charge in [0.2, 0.25) is 5.91 Å². The zero-order valence-corrected chi connectivity index (χ0v) is 15.2. The predicted octanol–water partition coefficient (Wildman–Crippen LogP) is 2.18. The van der Waals surface area contributed by atoms with Crippen molar-refractivity contribution in [3.05, 3.63) is 23.8 Å². The van der Waals surface area contributed by atoms with E-state index in [1.54, 1.807) is 19.3 Å². The van der Waals surface area contributed by atoms with E-state index in [1.165, 1.54) is 0 Å². The second-order valence-electron chi connectivity index (χ2n) is 8.11. The van der Waals surface area contributed by atoms with E-state index in [1.807, 2.05) is 16.7 Å². The molecular weight excluding hydrogens is 316 g/mol. The predicted molar refractivity (Wildman–Crippen MR) is 92.9 cm³/mol. The van der Waals surface area contributed by atoms with E-state index in [0.29, 0.717) is 12.2 Å². The van der Waals surface area contributed by atoms with E-state index in [9.17, 15) is 9.59 Å². The molecule has 3 fully saturated rings. The Morgan fingerprint density at radius 1 is 1.16 bits per heavy atom. The van der Waals surface area contributed by atoms with E-state index in [0.717, 1.165) is 37.8 Å². The van der Waals surface area contributed by atoms with Gasteiger partial charge in [-0.1, -0.05) is 19.8 Å². The number of likely N-dealkylation sites (tertiary alicyclic amines) is 2. The number of piperidine rings is 1. The first-order chi connectivity index (χ1) is 11.9. The first kappa shape index (κ1) is 16.5. The number of amides is 2. The smallest absolute Gasteiger partial charge is 0.274 e. The van der Waals surface area contributed by atoms with Crippen molar-refractivity contribution in [3.8, 4) is 0 Å². The topological polar surface area (TPSA) is 66.4 Å². The van der Waals surface area contributed by atoms with Gasteiger partial charge in [0.25, 0.3) is 5.91 Å². The zero-order chi connectivity index (χ0) is 17.8. The quantitative estimate of drug-likeness (QED) is 0.784. The molecule has 1 aromatic rings. The summed E-state index contributed by atoms with van der Waals surface area (Å²) in [4.78, 5) is 38.1. The Kier molecular flexibility index (Phi) is 3.81. The summed E-state index contributed by atoms with van der Waals surface area (Å²) >= 11 is 0. The number of nitrogens with zero attached hydrogens (tertiary/aromatic N) is 4. The molecular formula is C19H26N4O2. The van der Waals surface area contributed by atoms with Gasteiger partial charge in [0.05, 0.1) is 17.9 Å². The highest BCUT2D eigenvalue weighted by molar-refractivity contribution is 5.93. The van der Waals surface area contributed by atoms with Crippen molar-refractivity contribution in [1.82, 2.24) is 19.8 Å². The maximum atomic E-state index is 13.3. The van der Waals surface area contributed by atoms with Gasteiger partial charge in [0.1, 0.15) is 5.69 Å². The molecule has 134 valence electrons. The van der Waals surface area contributed by atoms with Gasteiger partial charge in [0, 0.05) is 37.2 Å². The van der Waals surface area contributed by atoms with Crippen LogP contribution in [0.25, 0.3) is 0 Å². The molecule has 25 heavy (non-hydrogen) atoms. The van der Waals surface area contributed by atoms with Crippen molar-refractivity contribution in [3.63, 3.8) is 0 Å². The standard InChI is InChI=1S/C19H26N4O2/c1-12-9-21-15(10-20-12)18(25)23-14-8-19(3)16(22(11-14)13(2)24)6-4-5-7-17(19)23/h9-10,14,16-17H,4-8,11H2,1-3H3/t14-,16+,17-,19+/m0/s1. The van der Waals surface area contributed by atoms with Gasteiger partial charge >= 0.3 is 0 Å². The fourth-order valence-electron chi connectivity index (χ4n) is 5.46. The van der Waals surface area contributed by atoms with Crippen LogP contribution >= 0.6 is 0 Å². The minimum atomic E-state index is -0.0303. The van der Waals surface area contributed by atoms with Gasteiger partial charge < -0.3 is 9.80 Å². The molecule has 0 N–H and O–H groups in total. The minimum Gasteiger partial charge on any atom is -0.337 e. The summed E-state index contributed by atoms with van der Waals surface area (Å²) in [6.45, 7) is 6.46. The Morgan fingerprint density at radius 2 is 1.88 bits per heavy atom. The van der Waals surface area contributed by atoms with E-state index < -0.39 is 0 Å². The number of aryl methyl sites for hydroxylation is 1. The summed E-state index contributed by atoms with van der Waals surface area (Å²) in [7, 11) is 0. The van der Waals surface area contributed by atoms with Crippen LogP contribution < -0.4 is 0 Å². The molecule has 0 aromatic carbocycles. The molecule has 2 amide bonds. The normalized spacial score (nSPS) is 34.0. The molecule has 3 heterocycles. The van der Waals surface area contributed by atoms with Crippen LogP contribution in [-0.2, 0) is 4.79 Å². The fraction of sp³-hybridized carbons (Fsp3) is 0.684. The third-order valence-corrected chi connectivity index (χ3v) is 6.55. The van der Waals surface area contributed by atoms with E-state index >= 15 is 0 Å². The number of carbonyl (C=O) groups is 2. The lowest BCUT2D eigenvalue weighted by Crippen LogP contribution is -2.55. The molecule has 1 aromatic heterocycles. The van der Waals surface area contributed by atoms with Crippen molar-refractivity contribution in [2.75, 3.05) is 6.54 Å². The monoisotopic (exact) mass is 342 g/mol. The molecule has 1 saturated carbocycles. The number of aromatic nitrogens is 2. The third-order valence-electron chi connectivity index (χ3n) is 6.55. The van der Waals surface area contributed by atoms with Crippen LogP contribution in [0.2, 0.25) is 0 Å². The molecule has 4 atom stereocenters. The highest BCUT2D eigenvalue weighted by Gasteiger charge is 2.60. The number of carbonyl (C=O) groups excluding carboxylic acids is 2. The third kappa shape index (κ3) is 2.45. The van der Waals surface area contributed by atoms with Crippen LogP contribution in [0.4, 0.5) is 0 Å². The number of fused-ring (bicyclic) bond motifs is 1. The van der Waals surface area contributed by atoms with Gasteiger partial charge in [-0.3, -0.25) is 14.6 Å². The number of hydrogen-bond acceptors (Lipinski definition) is 4.